The summed E-state index contributed by atoms with van der Waals surface area (Å²) in [6.45, 7) is 19.1. The molecule has 72 heavy (non-hydrogen) atoms. The Bertz CT molecular complexity index is 2130. The van der Waals surface area contributed by atoms with Crippen LogP contribution >= 0.6 is 11.8 Å². The van der Waals surface area contributed by atoms with E-state index in [0.717, 1.165) is 22.8 Å². The number of rotatable bonds is 16. The molecule has 0 radical (unpaired) electrons. The van der Waals surface area contributed by atoms with E-state index in [1.54, 1.807) is 65.4 Å². The Hall–Kier alpha value is -2.35. The van der Waals surface area contributed by atoms with Gasteiger partial charge in [0.25, 0.3) is 0 Å². The molecule has 0 bridgehead atoms. The number of esters is 1. The summed E-state index contributed by atoms with van der Waals surface area (Å²) in [6, 6.07) is 5.88. The summed E-state index contributed by atoms with van der Waals surface area (Å²) in [5, 5.41) is 68.4. The lowest BCUT2D eigenvalue weighted by Crippen LogP contribution is -2.61. The van der Waals surface area contributed by atoms with Gasteiger partial charge >= 0.3 is 5.97 Å². The lowest BCUT2D eigenvalue weighted by atomic mass is 9.77. The number of hydrogen-bond donors (Lipinski definition) is 5. The fourth-order valence-corrected chi connectivity index (χ4v) is 12.3. The number of thioether (sulfide) groups is 1. The monoisotopic (exact) mass is 1060 g/mol. The van der Waals surface area contributed by atoms with Gasteiger partial charge in [-0.3, -0.25) is 9.48 Å². The summed E-state index contributed by atoms with van der Waals surface area (Å²) >= 11 is 1.64. The highest BCUT2D eigenvalue weighted by atomic mass is 32.2. The summed E-state index contributed by atoms with van der Waals surface area (Å²) in [5.41, 5.74) is -3.75. The van der Waals surface area contributed by atoms with Crippen molar-refractivity contribution in [2.75, 3.05) is 46.3 Å². The molecule has 0 unspecified atom stereocenters. The molecule has 412 valence electrons. The van der Waals surface area contributed by atoms with Crippen molar-refractivity contribution in [2.24, 2.45) is 17.8 Å². The number of methoxy groups -OCH3 is 1. The van der Waals surface area contributed by atoms with Gasteiger partial charge in [0.15, 0.2) is 22.4 Å². The molecule has 21 heteroatoms. The number of sulfone groups is 1. The van der Waals surface area contributed by atoms with Crippen LogP contribution in [0.15, 0.2) is 40.3 Å². The molecule has 0 spiro atoms. The lowest BCUT2D eigenvalue weighted by molar-refractivity contribution is -0.318. The highest BCUT2D eigenvalue weighted by molar-refractivity contribution is 7.99. The van der Waals surface area contributed by atoms with Crippen LogP contribution in [0, 0.1) is 17.8 Å². The van der Waals surface area contributed by atoms with Gasteiger partial charge in [0.1, 0.15) is 30.0 Å². The number of aliphatic hydroxyl groups is 5. The SMILES string of the molecule is CC[C@H]1OC(=O)[C@H](C)[C@@H](O[C@H]2C[C@@](C)(OC)[C@@H](O)[C@H](C)O2)[C@H](C)[C@@H](O[C@@H]2O[C@H](C)C[C@H](N(C)CCc3cn(CCCSc4ccc(S(C)(=O)=O)cc4)nn3)[C@H]2O)[C@](C)(O)C[C@@H](C)CN(C)[C@H](C)[C@@H](O)[C@]1(C)O. The first-order valence-corrected chi connectivity index (χ1v) is 28.5. The lowest BCUT2D eigenvalue weighted by Gasteiger charge is -2.49. The topological polar surface area (TPSA) is 245 Å². The Morgan fingerprint density at radius 3 is 2.26 bits per heavy atom. The van der Waals surface area contributed by atoms with Gasteiger partial charge in [-0.25, -0.2) is 8.42 Å². The highest BCUT2D eigenvalue weighted by Crippen LogP contribution is 2.40. The molecule has 19 nitrogen and oxygen atoms in total. The molecule has 2 aromatic rings. The van der Waals surface area contributed by atoms with Gasteiger partial charge in [0.2, 0.25) is 0 Å². The maximum Gasteiger partial charge on any atom is 0.311 e. The zero-order chi connectivity index (χ0) is 53.7. The van der Waals surface area contributed by atoms with Gasteiger partial charge in [-0.15, -0.1) is 16.9 Å². The van der Waals surface area contributed by atoms with E-state index >= 15 is 0 Å². The fourth-order valence-electron chi connectivity index (χ4n) is 10.9. The van der Waals surface area contributed by atoms with E-state index in [1.165, 1.54) is 20.3 Å². The van der Waals surface area contributed by atoms with Crippen molar-refractivity contribution in [3.8, 4) is 0 Å². The van der Waals surface area contributed by atoms with E-state index in [9.17, 15) is 38.7 Å². The van der Waals surface area contributed by atoms with E-state index in [4.69, 9.17) is 28.4 Å². The van der Waals surface area contributed by atoms with Crippen LogP contribution < -0.4 is 0 Å². The van der Waals surface area contributed by atoms with Gasteiger partial charge in [-0.05, 0) is 124 Å². The first-order valence-electron chi connectivity index (χ1n) is 25.6. The molecule has 0 amide bonds. The maximum atomic E-state index is 14.5. The number of aliphatic hydroxyl groups excluding tert-OH is 3. The van der Waals surface area contributed by atoms with Crippen molar-refractivity contribution in [2.45, 2.75) is 214 Å². The van der Waals surface area contributed by atoms with E-state index in [-0.39, 0.29) is 31.3 Å². The quantitative estimate of drug-likeness (QED) is 0.0914. The third-order valence-corrected chi connectivity index (χ3v) is 17.7. The molecule has 3 aliphatic heterocycles. The molecule has 4 heterocycles. The molecule has 5 N–H and O–H groups in total. The number of aromatic nitrogens is 3. The Morgan fingerprint density at radius 2 is 1.64 bits per heavy atom. The first-order chi connectivity index (χ1) is 33.5. The van der Waals surface area contributed by atoms with Crippen LogP contribution in [0.5, 0.6) is 0 Å². The highest BCUT2D eigenvalue weighted by Gasteiger charge is 2.53. The second kappa shape index (κ2) is 25.2. The number of carbonyl (C=O) groups is 1. The van der Waals surface area contributed by atoms with Crippen molar-refractivity contribution in [1.29, 1.82) is 0 Å². The number of ether oxygens (including phenoxy) is 6. The van der Waals surface area contributed by atoms with Gasteiger partial charge < -0.3 is 63.8 Å². The smallest absolute Gasteiger partial charge is 0.311 e. The molecule has 3 saturated heterocycles. The van der Waals surface area contributed by atoms with Crippen molar-refractivity contribution >= 4 is 27.6 Å². The summed E-state index contributed by atoms with van der Waals surface area (Å²) in [7, 11) is 2.02. The second-order valence-corrected chi connectivity index (χ2v) is 25.0. The zero-order valence-corrected chi connectivity index (χ0v) is 46.7. The summed E-state index contributed by atoms with van der Waals surface area (Å²) in [5.74, 6) is -1.99. The second-order valence-electron chi connectivity index (χ2n) is 21.9. The summed E-state index contributed by atoms with van der Waals surface area (Å²) in [6.07, 6.45) is -4.60. The average Bonchev–Trinajstić information content (AvgIpc) is 3.78. The Labute approximate surface area is 432 Å². The minimum Gasteiger partial charge on any atom is -0.459 e. The third kappa shape index (κ3) is 15.0. The first kappa shape index (κ1) is 60.5. The van der Waals surface area contributed by atoms with E-state index in [1.807, 2.05) is 62.8 Å². The Morgan fingerprint density at radius 1 is 0.972 bits per heavy atom. The number of hydrogen-bond acceptors (Lipinski definition) is 19. The molecule has 5 rings (SSSR count). The fraction of sp³-hybridized carbons (Fsp3) is 0.824. The third-order valence-electron chi connectivity index (χ3n) is 15.5. The number of likely N-dealkylation sites (N-methyl/N-ethyl adjacent to an activating group) is 2. The number of benzene rings is 1. The van der Waals surface area contributed by atoms with E-state index in [0.29, 0.717) is 37.4 Å². The number of carbonyl (C=O) groups excluding carboxylic acids is 1. The molecule has 1 aromatic heterocycles. The zero-order valence-electron chi connectivity index (χ0n) is 45.1. The molecular weight excluding hydrogens is 971 g/mol. The number of aryl methyl sites for hydroxylation is 1. The molecule has 0 saturated carbocycles. The maximum absolute atomic E-state index is 14.5. The minimum atomic E-state index is -3.25. The van der Waals surface area contributed by atoms with Crippen LogP contribution in [-0.4, -0.2) is 201 Å². The van der Waals surface area contributed by atoms with Crippen LogP contribution in [0.1, 0.15) is 107 Å². The predicted octanol–water partition coefficient (Wildman–Crippen LogP) is 3.69. The van der Waals surface area contributed by atoms with Crippen molar-refractivity contribution in [3.63, 3.8) is 0 Å². The van der Waals surface area contributed by atoms with Crippen LogP contribution in [0.25, 0.3) is 0 Å². The average molecular weight is 1060 g/mol. The molecule has 0 aliphatic carbocycles. The standard InChI is InChI=1S/C51H87N5O14S2/c1-15-40-51(10,62)44(58)34(6)55(12)28-30(2)26-49(8,61)46(32(4)43(33(5)47(60)68-40)69-41-27-50(9,65-13)45(59)35(7)67-41)70-48-42(57)39(25-31(3)66-48)54(11)23-21-36-29-56(53-52-36)22-16-24-71-37-17-19-38(20-18-37)72(14,63)64/h17-20,29-35,39-46,48,57-59,61-62H,15-16,21-28H2,1-14H3/t30-,31-,32+,33-,34-,35+,39+,40-,41+,42-,43+,44-,45+,46-,48+,49-,50-,51-/m1/s1. The van der Waals surface area contributed by atoms with Crippen molar-refractivity contribution in [3.05, 3.63) is 36.2 Å². The van der Waals surface area contributed by atoms with Gasteiger partial charge in [0, 0.05) is 74.9 Å². The molecular formula is C51H87N5O14S2. The van der Waals surface area contributed by atoms with Crippen LogP contribution in [0.2, 0.25) is 0 Å². The van der Waals surface area contributed by atoms with Crippen molar-refractivity contribution < 1.29 is 67.2 Å². The van der Waals surface area contributed by atoms with Crippen LogP contribution in [-0.2, 0) is 56.0 Å². The predicted molar refractivity (Wildman–Crippen MR) is 272 cm³/mol. The van der Waals surface area contributed by atoms with Crippen molar-refractivity contribution in [1.82, 2.24) is 24.8 Å². The number of cyclic esters (lactones) is 1. The van der Waals surface area contributed by atoms with Gasteiger partial charge in [-0.1, -0.05) is 26.0 Å². The van der Waals surface area contributed by atoms with Gasteiger partial charge in [-0.2, -0.15) is 0 Å². The molecule has 3 fully saturated rings. The number of nitrogens with zero attached hydrogens (tertiary/aromatic N) is 5. The van der Waals surface area contributed by atoms with Gasteiger partial charge in [0.05, 0.1) is 52.1 Å². The van der Waals surface area contributed by atoms with Crippen LogP contribution in [0.3, 0.4) is 0 Å². The largest absolute Gasteiger partial charge is 0.459 e. The normalized spacial score (nSPS) is 39.3. The van der Waals surface area contributed by atoms with Crippen LogP contribution in [0.4, 0.5) is 0 Å². The molecule has 18 atom stereocenters. The molecule has 1 aromatic carbocycles. The summed E-state index contributed by atoms with van der Waals surface area (Å²) in [4.78, 5) is 19.7. The minimum absolute atomic E-state index is 0.0975. The Kier molecular flexibility index (Phi) is 21.2. The van der Waals surface area contributed by atoms with E-state index < -0.39 is 112 Å². The van der Waals surface area contributed by atoms with E-state index in [2.05, 4.69) is 15.2 Å². The summed E-state index contributed by atoms with van der Waals surface area (Å²) < 4.78 is 63.7. The Balaban J connectivity index is 1.37. The molecule has 3 aliphatic rings.